The summed E-state index contributed by atoms with van der Waals surface area (Å²) in [6.45, 7) is 12.4. The number of rotatable bonds is 4. The Morgan fingerprint density at radius 3 is 2.56 bits per heavy atom. The van der Waals surface area contributed by atoms with E-state index in [1.165, 1.54) is 32.5 Å². The molecule has 0 bridgehead atoms. The van der Waals surface area contributed by atoms with Crippen molar-refractivity contribution in [3.05, 3.63) is 0 Å². The van der Waals surface area contributed by atoms with Gasteiger partial charge < -0.3 is 15.5 Å². The van der Waals surface area contributed by atoms with Gasteiger partial charge >= 0.3 is 0 Å². The zero-order valence-electron chi connectivity index (χ0n) is 12.2. The van der Waals surface area contributed by atoms with Gasteiger partial charge in [0, 0.05) is 26.2 Å². The third kappa shape index (κ3) is 2.63. The van der Waals surface area contributed by atoms with Gasteiger partial charge in [-0.25, -0.2) is 0 Å². The number of likely N-dealkylation sites (tertiary alicyclic amines) is 1. The summed E-state index contributed by atoms with van der Waals surface area (Å²) in [5, 5.41) is 0. The first kappa shape index (κ1) is 13.7. The van der Waals surface area contributed by atoms with E-state index in [1.54, 1.807) is 0 Å². The Hall–Kier alpha value is -0.770. The van der Waals surface area contributed by atoms with Crippen LogP contribution < -0.4 is 5.73 Å². The molecule has 4 nitrogen and oxygen atoms in total. The van der Waals surface area contributed by atoms with Crippen LogP contribution in [0.15, 0.2) is 4.99 Å². The van der Waals surface area contributed by atoms with Gasteiger partial charge in [0.05, 0.1) is 12.1 Å². The fourth-order valence-corrected chi connectivity index (χ4v) is 3.31. The number of hydrogen-bond acceptors (Lipinski definition) is 4. The Morgan fingerprint density at radius 2 is 2.00 bits per heavy atom. The maximum atomic E-state index is 6.05. The molecule has 0 amide bonds. The largest absolute Gasteiger partial charge is 0.370 e. The minimum Gasteiger partial charge on any atom is -0.370 e. The van der Waals surface area contributed by atoms with Crippen LogP contribution in [0.1, 0.15) is 40.0 Å². The van der Waals surface area contributed by atoms with Crippen molar-refractivity contribution in [1.29, 1.82) is 0 Å². The lowest BCUT2D eigenvalue weighted by atomic mass is 9.86. The van der Waals surface area contributed by atoms with Crippen LogP contribution in [0.25, 0.3) is 0 Å². The lowest BCUT2D eigenvalue weighted by molar-refractivity contribution is 0.0796. The van der Waals surface area contributed by atoms with Gasteiger partial charge in [-0.05, 0) is 25.2 Å². The standard InChI is InChI=1S/C14H28N4/c1-4-7-18-13(15)16-11-14(18)5-8-17(9-6-14)10-12(2)3/h12H,4-11H2,1-3H3,(H2,15,16). The van der Waals surface area contributed by atoms with Crippen LogP contribution in [-0.4, -0.2) is 54.0 Å². The molecule has 0 unspecified atom stereocenters. The Balaban J connectivity index is 1.95. The summed E-state index contributed by atoms with van der Waals surface area (Å²) < 4.78 is 0. The number of guanidine groups is 1. The van der Waals surface area contributed by atoms with Crippen LogP contribution >= 0.6 is 0 Å². The molecule has 1 spiro atoms. The van der Waals surface area contributed by atoms with Crippen molar-refractivity contribution in [2.45, 2.75) is 45.6 Å². The zero-order chi connectivity index (χ0) is 13.2. The third-order valence-electron chi connectivity index (χ3n) is 4.24. The average molecular weight is 252 g/mol. The molecule has 0 atom stereocenters. The van der Waals surface area contributed by atoms with Crippen molar-refractivity contribution in [2.75, 3.05) is 32.7 Å². The Kier molecular flexibility index (Phi) is 4.15. The summed E-state index contributed by atoms with van der Waals surface area (Å²) in [6.07, 6.45) is 3.57. The molecular formula is C14H28N4. The van der Waals surface area contributed by atoms with Gasteiger partial charge in [-0.2, -0.15) is 0 Å². The molecule has 2 rings (SSSR count). The molecule has 104 valence electrons. The maximum absolute atomic E-state index is 6.05. The number of nitrogens with two attached hydrogens (primary N) is 1. The second-order valence-corrected chi connectivity index (χ2v) is 6.24. The van der Waals surface area contributed by atoms with E-state index in [4.69, 9.17) is 5.73 Å². The summed E-state index contributed by atoms with van der Waals surface area (Å²) in [5.74, 6) is 1.53. The first-order chi connectivity index (χ1) is 8.57. The lowest BCUT2D eigenvalue weighted by Gasteiger charge is -2.45. The fraction of sp³-hybridized carbons (Fsp3) is 0.929. The van der Waals surface area contributed by atoms with Gasteiger partial charge in [-0.1, -0.05) is 20.8 Å². The molecule has 0 aromatic rings. The van der Waals surface area contributed by atoms with E-state index in [0.717, 1.165) is 31.4 Å². The van der Waals surface area contributed by atoms with E-state index in [9.17, 15) is 0 Å². The first-order valence-electron chi connectivity index (χ1n) is 7.37. The zero-order valence-corrected chi connectivity index (χ0v) is 12.2. The molecule has 0 radical (unpaired) electrons. The van der Waals surface area contributed by atoms with Crippen LogP contribution in [-0.2, 0) is 0 Å². The molecule has 1 fully saturated rings. The molecule has 1 saturated heterocycles. The number of nitrogens with zero attached hydrogens (tertiary/aromatic N) is 3. The number of aliphatic imine (C=N–C) groups is 1. The highest BCUT2D eigenvalue weighted by Gasteiger charge is 2.43. The van der Waals surface area contributed by atoms with Crippen molar-refractivity contribution in [3.8, 4) is 0 Å². The van der Waals surface area contributed by atoms with Gasteiger partial charge in [0.15, 0.2) is 5.96 Å². The summed E-state index contributed by atoms with van der Waals surface area (Å²) in [7, 11) is 0. The van der Waals surface area contributed by atoms with Crippen molar-refractivity contribution >= 4 is 5.96 Å². The normalized spacial score (nSPS) is 24.0. The molecule has 0 saturated carbocycles. The van der Waals surface area contributed by atoms with Gasteiger partial charge in [0.25, 0.3) is 0 Å². The molecule has 2 heterocycles. The Morgan fingerprint density at radius 1 is 1.33 bits per heavy atom. The Labute approximate surface area is 111 Å². The molecule has 4 heteroatoms. The predicted octanol–water partition coefficient (Wildman–Crippen LogP) is 1.52. The van der Waals surface area contributed by atoms with E-state index in [2.05, 4.69) is 35.6 Å². The quantitative estimate of drug-likeness (QED) is 0.825. The van der Waals surface area contributed by atoms with Crippen molar-refractivity contribution < 1.29 is 0 Å². The van der Waals surface area contributed by atoms with E-state index >= 15 is 0 Å². The van der Waals surface area contributed by atoms with Gasteiger partial charge in [0.2, 0.25) is 0 Å². The van der Waals surface area contributed by atoms with Crippen LogP contribution in [0.3, 0.4) is 0 Å². The molecule has 0 aromatic heterocycles. The van der Waals surface area contributed by atoms with Crippen LogP contribution in [0.2, 0.25) is 0 Å². The summed E-state index contributed by atoms with van der Waals surface area (Å²) in [4.78, 5) is 9.47. The highest BCUT2D eigenvalue weighted by molar-refractivity contribution is 5.81. The highest BCUT2D eigenvalue weighted by Crippen LogP contribution is 2.33. The van der Waals surface area contributed by atoms with Crippen molar-refractivity contribution in [3.63, 3.8) is 0 Å². The summed E-state index contributed by atoms with van der Waals surface area (Å²) >= 11 is 0. The summed E-state index contributed by atoms with van der Waals surface area (Å²) in [5.41, 5.74) is 6.29. The Bertz CT molecular complexity index is 303. The monoisotopic (exact) mass is 252 g/mol. The highest BCUT2D eigenvalue weighted by atomic mass is 15.4. The van der Waals surface area contributed by atoms with Gasteiger partial charge in [-0.15, -0.1) is 0 Å². The van der Waals surface area contributed by atoms with Crippen molar-refractivity contribution in [2.24, 2.45) is 16.6 Å². The molecule has 2 N–H and O–H groups in total. The van der Waals surface area contributed by atoms with Gasteiger partial charge in [0.1, 0.15) is 0 Å². The number of hydrogen-bond donors (Lipinski definition) is 1. The number of piperidine rings is 1. The second kappa shape index (κ2) is 5.47. The van der Waals surface area contributed by atoms with Crippen LogP contribution in [0, 0.1) is 5.92 Å². The summed E-state index contributed by atoms with van der Waals surface area (Å²) in [6, 6.07) is 0. The topological polar surface area (TPSA) is 44.9 Å². The van der Waals surface area contributed by atoms with Crippen LogP contribution in [0.5, 0.6) is 0 Å². The second-order valence-electron chi connectivity index (χ2n) is 6.24. The third-order valence-corrected chi connectivity index (χ3v) is 4.24. The first-order valence-corrected chi connectivity index (χ1v) is 7.37. The predicted molar refractivity (Wildman–Crippen MR) is 76.7 cm³/mol. The fourth-order valence-electron chi connectivity index (χ4n) is 3.31. The minimum atomic E-state index is 0.244. The van der Waals surface area contributed by atoms with Gasteiger partial charge in [-0.3, -0.25) is 4.99 Å². The lowest BCUT2D eigenvalue weighted by Crippen LogP contribution is -2.57. The van der Waals surface area contributed by atoms with E-state index in [-0.39, 0.29) is 5.54 Å². The van der Waals surface area contributed by atoms with E-state index in [1.807, 2.05) is 0 Å². The van der Waals surface area contributed by atoms with E-state index < -0.39 is 0 Å². The SMILES string of the molecule is CCCN1C(N)=NCC12CCN(CC(C)C)CC2. The minimum absolute atomic E-state index is 0.244. The van der Waals surface area contributed by atoms with Crippen molar-refractivity contribution in [1.82, 2.24) is 9.80 Å². The molecule has 2 aliphatic heterocycles. The molecule has 0 aromatic carbocycles. The maximum Gasteiger partial charge on any atom is 0.191 e. The molecule has 18 heavy (non-hydrogen) atoms. The van der Waals surface area contributed by atoms with E-state index in [0.29, 0.717) is 0 Å². The molecular weight excluding hydrogens is 224 g/mol. The average Bonchev–Trinajstić information content (AvgIpc) is 2.62. The molecule has 2 aliphatic rings. The molecule has 0 aliphatic carbocycles. The smallest absolute Gasteiger partial charge is 0.191 e. The van der Waals surface area contributed by atoms with Crippen LogP contribution in [0.4, 0.5) is 0 Å².